The standard InChI is InChI=1S/C21H32N2O3/c1-6-25-18(24)13-12-17-19(14(2)3)22-21(26-15(4)5)23-20(17)16-10-8-7-9-11-16/h12-16H,6-11H2,1-5H3/b13-12+. The van der Waals surface area contributed by atoms with Crippen LogP contribution in [0.4, 0.5) is 0 Å². The summed E-state index contributed by atoms with van der Waals surface area (Å²) in [5.74, 6) is 0.261. The number of carbonyl (C=O) groups excluding carboxylic acids is 1. The summed E-state index contributed by atoms with van der Waals surface area (Å²) in [6.45, 7) is 10.3. The molecule has 1 saturated carbocycles. The van der Waals surface area contributed by atoms with Crippen molar-refractivity contribution in [2.75, 3.05) is 6.61 Å². The first-order valence-corrected chi connectivity index (χ1v) is 9.85. The molecule has 0 bridgehead atoms. The molecule has 0 spiro atoms. The normalized spacial score (nSPS) is 15.8. The van der Waals surface area contributed by atoms with Crippen molar-refractivity contribution < 1.29 is 14.3 Å². The van der Waals surface area contributed by atoms with E-state index in [4.69, 9.17) is 14.5 Å². The minimum Gasteiger partial charge on any atom is -0.463 e. The Labute approximate surface area is 157 Å². The summed E-state index contributed by atoms with van der Waals surface area (Å²) in [6, 6.07) is 0.442. The zero-order valence-corrected chi connectivity index (χ0v) is 16.7. The van der Waals surface area contributed by atoms with Gasteiger partial charge in [0, 0.05) is 17.6 Å². The summed E-state index contributed by atoms with van der Waals surface area (Å²) in [5, 5.41) is 0. The Bertz CT molecular complexity index is 632. The zero-order chi connectivity index (χ0) is 19.1. The van der Waals surface area contributed by atoms with Crippen LogP contribution in [-0.2, 0) is 9.53 Å². The van der Waals surface area contributed by atoms with Gasteiger partial charge in [-0.05, 0) is 45.6 Å². The van der Waals surface area contributed by atoms with Crippen LogP contribution in [0.5, 0.6) is 6.01 Å². The Morgan fingerprint density at radius 1 is 1.15 bits per heavy atom. The molecule has 5 nitrogen and oxygen atoms in total. The molecule has 1 fully saturated rings. The van der Waals surface area contributed by atoms with Gasteiger partial charge in [-0.15, -0.1) is 0 Å². The largest absolute Gasteiger partial charge is 0.463 e. The van der Waals surface area contributed by atoms with E-state index in [1.807, 2.05) is 19.9 Å². The fraction of sp³-hybridized carbons (Fsp3) is 0.667. The number of hydrogen-bond acceptors (Lipinski definition) is 5. The highest BCUT2D eigenvalue weighted by atomic mass is 16.5. The van der Waals surface area contributed by atoms with E-state index in [1.165, 1.54) is 25.3 Å². The summed E-state index contributed by atoms with van der Waals surface area (Å²) in [4.78, 5) is 21.2. The van der Waals surface area contributed by atoms with E-state index in [0.29, 0.717) is 18.5 Å². The molecule has 0 N–H and O–H groups in total. The third-order valence-corrected chi connectivity index (χ3v) is 4.54. The van der Waals surface area contributed by atoms with Crippen LogP contribution in [0, 0.1) is 0 Å². The van der Waals surface area contributed by atoms with Crippen LogP contribution >= 0.6 is 0 Å². The third-order valence-electron chi connectivity index (χ3n) is 4.54. The Morgan fingerprint density at radius 2 is 1.85 bits per heavy atom. The van der Waals surface area contributed by atoms with Gasteiger partial charge >= 0.3 is 12.0 Å². The monoisotopic (exact) mass is 360 g/mol. The molecule has 0 radical (unpaired) electrons. The van der Waals surface area contributed by atoms with Gasteiger partial charge in [-0.1, -0.05) is 33.1 Å². The average Bonchev–Trinajstić information content (AvgIpc) is 2.60. The van der Waals surface area contributed by atoms with Gasteiger partial charge in [-0.2, -0.15) is 9.97 Å². The number of hydrogen-bond donors (Lipinski definition) is 0. The highest BCUT2D eigenvalue weighted by Crippen LogP contribution is 2.36. The fourth-order valence-corrected chi connectivity index (χ4v) is 3.39. The second-order valence-corrected chi connectivity index (χ2v) is 7.43. The van der Waals surface area contributed by atoms with Crippen LogP contribution in [0.2, 0.25) is 0 Å². The molecule has 0 aliphatic heterocycles. The molecular formula is C21H32N2O3. The number of ether oxygens (including phenoxy) is 2. The van der Waals surface area contributed by atoms with Crippen molar-refractivity contribution in [3.05, 3.63) is 23.0 Å². The minimum atomic E-state index is -0.334. The van der Waals surface area contributed by atoms with Gasteiger partial charge in [0.2, 0.25) is 0 Å². The summed E-state index contributed by atoms with van der Waals surface area (Å²) >= 11 is 0. The summed E-state index contributed by atoms with van der Waals surface area (Å²) in [5.41, 5.74) is 2.90. The highest BCUT2D eigenvalue weighted by molar-refractivity contribution is 5.87. The first-order valence-electron chi connectivity index (χ1n) is 9.85. The molecule has 1 heterocycles. The lowest BCUT2D eigenvalue weighted by Gasteiger charge is -2.25. The average molecular weight is 360 g/mol. The van der Waals surface area contributed by atoms with E-state index >= 15 is 0 Å². The van der Waals surface area contributed by atoms with Gasteiger partial charge in [-0.3, -0.25) is 0 Å². The molecule has 1 aromatic rings. The number of carbonyl (C=O) groups is 1. The Morgan fingerprint density at radius 3 is 2.42 bits per heavy atom. The number of rotatable bonds is 7. The number of esters is 1. The fourth-order valence-electron chi connectivity index (χ4n) is 3.39. The number of nitrogens with zero attached hydrogens (tertiary/aromatic N) is 2. The SMILES string of the molecule is CCOC(=O)/C=C/c1c(C(C)C)nc(OC(C)C)nc1C1CCCCC1. The zero-order valence-electron chi connectivity index (χ0n) is 16.7. The van der Waals surface area contributed by atoms with Crippen molar-refractivity contribution in [2.45, 2.75) is 84.7 Å². The molecule has 144 valence electrons. The van der Waals surface area contributed by atoms with Gasteiger partial charge in [0.1, 0.15) is 0 Å². The van der Waals surface area contributed by atoms with Crippen LogP contribution in [0.3, 0.4) is 0 Å². The van der Waals surface area contributed by atoms with E-state index in [0.717, 1.165) is 29.8 Å². The smallest absolute Gasteiger partial charge is 0.330 e. The lowest BCUT2D eigenvalue weighted by molar-refractivity contribution is -0.137. The van der Waals surface area contributed by atoms with Gasteiger partial charge in [0.15, 0.2) is 0 Å². The Hall–Kier alpha value is -1.91. The summed E-state index contributed by atoms with van der Waals surface area (Å²) < 4.78 is 10.9. The molecule has 5 heteroatoms. The van der Waals surface area contributed by atoms with E-state index in [2.05, 4.69) is 18.8 Å². The first kappa shape index (κ1) is 20.4. The Kier molecular flexibility index (Phi) is 7.61. The predicted molar refractivity (Wildman–Crippen MR) is 103 cm³/mol. The maximum Gasteiger partial charge on any atom is 0.330 e. The van der Waals surface area contributed by atoms with E-state index in [9.17, 15) is 4.79 Å². The van der Waals surface area contributed by atoms with Crippen LogP contribution in [0.25, 0.3) is 6.08 Å². The van der Waals surface area contributed by atoms with Gasteiger partial charge in [0.25, 0.3) is 0 Å². The lowest BCUT2D eigenvalue weighted by Crippen LogP contribution is -2.16. The molecular weight excluding hydrogens is 328 g/mol. The van der Waals surface area contributed by atoms with E-state index < -0.39 is 0 Å². The quantitative estimate of drug-likeness (QED) is 0.505. The summed E-state index contributed by atoms with van der Waals surface area (Å²) in [6.07, 6.45) is 9.29. The van der Waals surface area contributed by atoms with Crippen LogP contribution < -0.4 is 4.74 Å². The topological polar surface area (TPSA) is 61.3 Å². The molecule has 0 amide bonds. The van der Waals surface area contributed by atoms with E-state index in [1.54, 1.807) is 6.92 Å². The minimum absolute atomic E-state index is 0.0233. The second-order valence-electron chi connectivity index (χ2n) is 7.43. The lowest BCUT2D eigenvalue weighted by atomic mass is 9.84. The Balaban J connectivity index is 2.50. The molecule has 0 unspecified atom stereocenters. The summed E-state index contributed by atoms with van der Waals surface area (Å²) in [7, 11) is 0. The van der Waals surface area contributed by atoms with Gasteiger partial charge in [-0.25, -0.2) is 4.79 Å². The molecule has 0 atom stereocenters. The first-order chi connectivity index (χ1) is 12.4. The van der Waals surface area contributed by atoms with Crippen molar-refractivity contribution in [1.82, 2.24) is 9.97 Å². The molecule has 1 aliphatic carbocycles. The molecule has 1 aliphatic rings. The van der Waals surface area contributed by atoms with Crippen LogP contribution in [0.15, 0.2) is 6.08 Å². The molecule has 0 saturated heterocycles. The second kappa shape index (κ2) is 9.70. The van der Waals surface area contributed by atoms with Crippen molar-refractivity contribution in [2.24, 2.45) is 0 Å². The highest BCUT2D eigenvalue weighted by Gasteiger charge is 2.24. The molecule has 0 aromatic carbocycles. The maximum absolute atomic E-state index is 11.8. The molecule has 26 heavy (non-hydrogen) atoms. The van der Waals surface area contributed by atoms with Crippen molar-refractivity contribution in [3.8, 4) is 6.01 Å². The van der Waals surface area contributed by atoms with Crippen molar-refractivity contribution in [3.63, 3.8) is 0 Å². The number of aromatic nitrogens is 2. The van der Waals surface area contributed by atoms with Crippen LogP contribution in [0.1, 0.15) is 95.5 Å². The van der Waals surface area contributed by atoms with E-state index in [-0.39, 0.29) is 18.0 Å². The van der Waals surface area contributed by atoms with Crippen molar-refractivity contribution >= 4 is 12.0 Å². The third kappa shape index (κ3) is 5.55. The van der Waals surface area contributed by atoms with Crippen LogP contribution in [-0.4, -0.2) is 28.6 Å². The van der Waals surface area contributed by atoms with Gasteiger partial charge in [0.05, 0.1) is 24.1 Å². The van der Waals surface area contributed by atoms with Gasteiger partial charge < -0.3 is 9.47 Å². The molecule has 2 rings (SSSR count). The maximum atomic E-state index is 11.8. The molecule has 1 aromatic heterocycles. The van der Waals surface area contributed by atoms with Crippen molar-refractivity contribution in [1.29, 1.82) is 0 Å². The predicted octanol–water partition coefficient (Wildman–Crippen LogP) is 5.01.